The van der Waals surface area contributed by atoms with Crippen LogP contribution >= 0.6 is 11.6 Å². The molecule has 0 saturated carbocycles. The zero-order chi connectivity index (χ0) is 11.8. The SMILES string of the molecule is NC(=O)c1cc(Cl)c(F)cc1C(F)(F)F. The zero-order valence-corrected chi connectivity index (χ0v) is 7.79. The van der Waals surface area contributed by atoms with E-state index < -0.39 is 34.1 Å². The van der Waals surface area contributed by atoms with E-state index >= 15 is 0 Å². The molecule has 0 saturated heterocycles. The Morgan fingerprint density at radius 3 is 2.27 bits per heavy atom. The van der Waals surface area contributed by atoms with Gasteiger partial charge in [0.2, 0.25) is 5.91 Å². The lowest BCUT2D eigenvalue weighted by molar-refractivity contribution is -0.138. The summed E-state index contributed by atoms with van der Waals surface area (Å²) in [6, 6.07) is 0.699. The number of amides is 1. The number of hydrogen-bond donors (Lipinski definition) is 1. The highest BCUT2D eigenvalue weighted by Crippen LogP contribution is 2.34. The summed E-state index contributed by atoms with van der Waals surface area (Å²) >= 11 is 5.23. The van der Waals surface area contributed by atoms with E-state index in [2.05, 4.69) is 0 Å². The molecule has 0 fully saturated rings. The van der Waals surface area contributed by atoms with Crippen molar-refractivity contribution in [1.82, 2.24) is 0 Å². The molecule has 2 nitrogen and oxygen atoms in total. The van der Waals surface area contributed by atoms with E-state index in [9.17, 15) is 22.4 Å². The fraction of sp³-hybridized carbons (Fsp3) is 0.125. The Labute approximate surface area is 86.6 Å². The molecule has 1 aromatic rings. The summed E-state index contributed by atoms with van der Waals surface area (Å²) in [5.41, 5.74) is 2.42. The lowest BCUT2D eigenvalue weighted by Gasteiger charge is -2.11. The van der Waals surface area contributed by atoms with Crippen LogP contribution in [0.25, 0.3) is 0 Å². The maximum Gasteiger partial charge on any atom is 0.417 e. The normalized spacial score (nSPS) is 11.5. The summed E-state index contributed by atoms with van der Waals surface area (Å²) in [5.74, 6) is -2.57. The first-order chi connectivity index (χ1) is 6.73. The molecule has 1 rings (SSSR count). The Balaban J connectivity index is 3.49. The summed E-state index contributed by atoms with van der Waals surface area (Å²) in [4.78, 5) is 10.7. The highest BCUT2D eigenvalue weighted by molar-refractivity contribution is 6.31. The van der Waals surface area contributed by atoms with Gasteiger partial charge in [-0.25, -0.2) is 4.39 Å². The predicted molar refractivity (Wildman–Crippen MR) is 44.9 cm³/mol. The molecule has 7 heteroatoms. The quantitative estimate of drug-likeness (QED) is 0.755. The third kappa shape index (κ3) is 2.38. The molecule has 0 aliphatic carbocycles. The summed E-state index contributed by atoms with van der Waals surface area (Å²) in [6.45, 7) is 0. The molecular formula is C8H4ClF4NO. The fourth-order valence-electron chi connectivity index (χ4n) is 0.985. The third-order valence-electron chi connectivity index (χ3n) is 1.63. The van der Waals surface area contributed by atoms with Crippen LogP contribution in [0.1, 0.15) is 15.9 Å². The largest absolute Gasteiger partial charge is 0.417 e. The molecule has 0 unspecified atom stereocenters. The van der Waals surface area contributed by atoms with Crippen molar-refractivity contribution < 1.29 is 22.4 Å². The van der Waals surface area contributed by atoms with E-state index in [1.807, 2.05) is 0 Å². The molecule has 0 atom stereocenters. The van der Waals surface area contributed by atoms with Gasteiger partial charge in [-0.2, -0.15) is 13.2 Å². The molecular weight excluding hydrogens is 238 g/mol. The monoisotopic (exact) mass is 241 g/mol. The topological polar surface area (TPSA) is 43.1 Å². The van der Waals surface area contributed by atoms with Gasteiger partial charge in [0, 0.05) is 0 Å². The lowest BCUT2D eigenvalue weighted by Crippen LogP contribution is -2.19. The molecule has 82 valence electrons. The van der Waals surface area contributed by atoms with Gasteiger partial charge in [0.05, 0.1) is 16.1 Å². The molecule has 0 bridgehead atoms. The van der Waals surface area contributed by atoms with Crippen LogP contribution < -0.4 is 5.73 Å². The lowest BCUT2D eigenvalue weighted by atomic mass is 10.1. The summed E-state index contributed by atoms with van der Waals surface area (Å²) in [7, 11) is 0. The van der Waals surface area contributed by atoms with Gasteiger partial charge in [-0.3, -0.25) is 4.79 Å². The van der Waals surface area contributed by atoms with Gasteiger partial charge in [-0.05, 0) is 12.1 Å². The number of hydrogen-bond acceptors (Lipinski definition) is 1. The molecule has 0 radical (unpaired) electrons. The van der Waals surface area contributed by atoms with E-state index in [1.165, 1.54) is 0 Å². The highest BCUT2D eigenvalue weighted by atomic mass is 35.5. The van der Waals surface area contributed by atoms with E-state index in [-0.39, 0.29) is 6.07 Å². The molecule has 0 aromatic heterocycles. The zero-order valence-electron chi connectivity index (χ0n) is 7.03. The van der Waals surface area contributed by atoms with Crippen molar-refractivity contribution in [2.45, 2.75) is 6.18 Å². The molecule has 0 aliphatic heterocycles. The van der Waals surface area contributed by atoms with Crippen molar-refractivity contribution in [2.24, 2.45) is 5.73 Å². The van der Waals surface area contributed by atoms with Gasteiger partial charge >= 0.3 is 6.18 Å². The first-order valence-corrected chi connectivity index (χ1v) is 3.97. The van der Waals surface area contributed by atoms with E-state index in [1.54, 1.807) is 0 Å². The average Bonchev–Trinajstić information content (AvgIpc) is 2.06. The molecule has 0 spiro atoms. The predicted octanol–water partition coefficient (Wildman–Crippen LogP) is 2.60. The van der Waals surface area contributed by atoms with Crippen molar-refractivity contribution in [1.29, 1.82) is 0 Å². The molecule has 15 heavy (non-hydrogen) atoms. The summed E-state index contributed by atoms with van der Waals surface area (Å²) in [6.07, 6.45) is -4.85. The minimum absolute atomic E-state index is 0.141. The van der Waals surface area contributed by atoms with Crippen LogP contribution in [0.4, 0.5) is 17.6 Å². The third-order valence-corrected chi connectivity index (χ3v) is 1.92. The van der Waals surface area contributed by atoms with Crippen LogP contribution in [0, 0.1) is 5.82 Å². The van der Waals surface area contributed by atoms with Crippen molar-refractivity contribution in [2.75, 3.05) is 0 Å². The van der Waals surface area contributed by atoms with Crippen molar-refractivity contribution >= 4 is 17.5 Å². The Morgan fingerprint density at radius 2 is 1.87 bits per heavy atom. The maximum atomic E-state index is 12.8. The van der Waals surface area contributed by atoms with Gasteiger partial charge in [0.15, 0.2) is 0 Å². The van der Waals surface area contributed by atoms with Gasteiger partial charge in [0.25, 0.3) is 0 Å². The van der Waals surface area contributed by atoms with Crippen LogP contribution in [0.15, 0.2) is 12.1 Å². The van der Waals surface area contributed by atoms with Gasteiger partial charge in [-0.15, -0.1) is 0 Å². The van der Waals surface area contributed by atoms with E-state index in [0.29, 0.717) is 6.07 Å². The Hall–Kier alpha value is -1.30. The van der Waals surface area contributed by atoms with Crippen LogP contribution in [0.3, 0.4) is 0 Å². The van der Waals surface area contributed by atoms with Crippen LogP contribution in [0.5, 0.6) is 0 Å². The molecule has 0 aliphatic rings. The van der Waals surface area contributed by atoms with E-state index in [4.69, 9.17) is 17.3 Å². The number of halogens is 5. The standard InChI is InChI=1S/C8H4ClF4NO/c9-5-1-3(7(14)15)4(2-6(5)10)8(11,12)13/h1-2H,(H2,14,15). The van der Waals surface area contributed by atoms with Crippen molar-refractivity contribution in [3.05, 3.63) is 34.1 Å². The summed E-state index contributed by atoms with van der Waals surface area (Å²) in [5, 5.41) is -0.586. The first-order valence-electron chi connectivity index (χ1n) is 3.59. The second-order valence-corrected chi connectivity index (χ2v) is 3.08. The average molecular weight is 242 g/mol. The van der Waals surface area contributed by atoms with Crippen LogP contribution in [-0.2, 0) is 6.18 Å². The number of benzene rings is 1. The van der Waals surface area contributed by atoms with E-state index in [0.717, 1.165) is 0 Å². The molecule has 2 N–H and O–H groups in total. The highest BCUT2D eigenvalue weighted by Gasteiger charge is 2.35. The summed E-state index contributed by atoms with van der Waals surface area (Å²) < 4.78 is 49.7. The van der Waals surface area contributed by atoms with Gasteiger partial charge in [-0.1, -0.05) is 11.6 Å². The van der Waals surface area contributed by atoms with Gasteiger partial charge < -0.3 is 5.73 Å². The Bertz CT molecular complexity index is 416. The Kier molecular flexibility index (Phi) is 2.90. The van der Waals surface area contributed by atoms with Crippen LogP contribution in [0.2, 0.25) is 5.02 Å². The second kappa shape index (κ2) is 3.69. The number of alkyl halides is 3. The smallest absolute Gasteiger partial charge is 0.366 e. The molecule has 1 aromatic carbocycles. The maximum absolute atomic E-state index is 12.8. The minimum atomic E-state index is -4.85. The molecule has 0 heterocycles. The molecule has 1 amide bonds. The first kappa shape index (κ1) is 11.8. The fourth-order valence-corrected chi connectivity index (χ4v) is 1.15. The number of carbonyl (C=O) groups is 1. The van der Waals surface area contributed by atoms with Crippen molar-refractivity contribution in [3.63, 3.8) is 0 Å². The second-order valence-electron chi connectivity index (χ2n) is 2.67. The number of carbonyl (C=O) groups excluding carboxylic acids is 1. The number of primary amides is 1. The Morgan fingerprint density at radius 1 is 1.33 bits per heavy atom. The number of nitrogens with two attached hydrogens (primary N) is 1. The minimum Gasteiger partial charge on any atom is -0.366 e. The van der Waals surface area contributed by atoms with Gasteiger partial charge in [0.1, 0.15) is 5.82 Å². The number of rotatable bonds is 1. The van der Waals surface area contributed by atoms with Crippen LogP contribution in [-0.4, -0.2) is 5.91 Å². The van der Waals surface area contributed by atoms with Crippen molar-refractivity contribution in [3.8, 4) is 0 Å².